The number of carbonyl (C=O) groups excluding carboxylic acids is 2. The van der Waals surface area contributed by atoms with Gasteiger partial charge >= 0.3 is 0 Å². The summed E-state index contributed by atoms with van der Waals surface area (Å²) in [7, 11) is 1.81. The minimum Gasteiger partial charge on any atom is -0.346 e. The third kappa shape index (κ3) is 4.21. The minimum absolute atomic E-state index is 0.0831. The fraction of sp³-hybridized carbons (Fsp3) is 0.500. The minimum atomic E-state index is -0.197. The van der Waals surface area contributed by atoms with Crippen LogP contribution >= 0.6 is 11.6 Å². The van der Waals surface area contributed by atoms with Gasteiger partial charge in [0.05, 0.1) is 11.8 Å². The molecule has 2 rings (SSSR count). The molecule has 0 radical (unpaired) electrons. The smallest absolute Gasteiger partial charge is 0.228 e. The standard InChI is InChI=1S/C16H21ClN2O2/c1-3-4-9-19(2)16(21)14-10-13(14)15(20)18-12-7-5-11(17)6-8-12/h5-8,13-14H,3-4,9-10H2,1-2H3,(H,18,20). The normalized spacial score (nSPS) is 20.0. The predicted molar refractivity (Wildman–Crippen MR) is 84.2 cm³/mol. The molecule has 0 saturated heterocycles. The predicted octanol–water partition coefficient (Wildman–Crippen LogP) is 3.17. The van der Waals surface area contributed by atoms with Crippen LogP contribution in [0.25, 0.3) is 0 Å². The van der Waals surface area contributed by atoms with E-state index in [1.54, 1.807) is 29.2 Å². The number of unbranched alkanes of at least 4 members (excludes halogenated alkanes) is 1. The van der Waals surface area contributed by atoms with Crippen molar-refractivity contribution in [3.8, 4) is 0 Å². The summed E-state index contributed by atoms with van der Waals surface area (Å²) in [5.41, 5.74) is 0.710. The Hall–Kier alpha value is -1.55. The third-order valence-corrected chi connectivity index (χ3v) is 4.03. The lowest BCUT2D eigenvalue weighted by atomic mass is 10.2. The van der Waals surface area contributed by atoms with Crippen molar-refractivity contribution in [2.75, 3.05) is 18.9 Å². The number of nitrogens with one attached hydrogen (secondary N) is 1. The van der Waals surface area contributed by atoms with E-state index in [2.05, 4.69) is 12.2 Å². The molecule has 4 nitrogen and oxygen atoms in total. The van der Waals surface area contributed by atoms with Crippen LogP contribution in [0.4, 0.5) is 5.69 Å². The van der Waals surface area contributed by atoms with Crippen LogP contribution in [0.3, 0.4) is 0 Å². The Morgan fingerprint density at radius 3 is 2.57 bits per heavy atom. The third-order valence-electron chi connectivity index (χ3n) is 3.78. The van der Waals surface area contributed by atoms with Crippen LogP contribution in [-0.4, -0.2) is 30.3 Å². The molecule has 1 aromatic rings. The van der Waals surface area contributed by atoms with Crippen molar-refractivity contribution in [2.24, 2.45) is 11.8 Å². The monoisotopic (exact) mass is 308 g/mol. The fourth-order valence-corrected chi connectivity index (χ4v) is 2.44. The average molecular weight is 309 g/mol. The van der Waals surface area contributed by atoms with Crippen LogP contribution in [0.1, 0.15) is 26.2 Å². The first-order chi connectivity index (χ1) is 10.0. The number of benzene rings is 1. The average Bonchev–Trinajstić information content (AvgIpc) is 3.27. The molecular formula is C16H21ClN2O2. The lowest BCUT2D eigenvalue weighted by molar-refractivity contribution is -0.132. The van der Waals surface area contributed by atoms with Crippen LogP contribution in [0.2, 0.25) is 5.02 Å². The highest BCUT2D eigenvalue weighted by molar-refractivity contribution is 6.30. The van der Waals surface area contributed by atoms with E-state index in [4.69, 9.17) is 11.6 Å². The van der Waals surface area contributed by atoms with Crippen LogP contribution in [0.5, 0.6) is 0 Å². The number of anilines is 1. The second-order valence-corrected chi connectivity index (χ2v) is 5.99. The van der Waals surface area contributed by atoms with Gasteiger partial charge in [0.25, 0.3) is 0 Å². The van der Waals surface area contributed by atoms with Crippen LogP contribution < -0.4 is 5.32 Å². The molecule has 0 aromatic heterocycles. The van der Waals surface area contributed by atoms with Gasteiger partial charge in [0.2, 0.25) is 11.8 Å². The first-order valence-corrected chi connectivity index (χ1v) is 7.72. The van der Waals surface area contributed by atoms with Gasteiger partial charge in [-0.15, -0.1) is 0 Å². The molecule has 5 heteroatoms. The molecular weight excluding hydrogens is 288 g/mol. The Morgan fingerprint density at radius 1 is 1.29 bits per heavy atom. The number of amides is 2. The molecule has 0 aliphatic heterocycles. The zero-order valence-corrected chi connectivity index (χ0v) is 13.2. The maximum Gasteiger partial charge on any atom is 0.228 e. The highest BCUT2D eigenvalue weighted by Gasteiger charge is 2.48. The summed E-state index contributed by atoms with van der Waals surface area (Å²) in [6.45, 7) is 2.86. The van der Waals surface area contributed by atoms with Crippen molar-refractivity contribution in [3.05, 3.63) is 29.3 Å². The van der Waals surface area contributed by atoms with Gasteiger partial charge in [-0.05, 0) is 37.1 Å². The van der Waals surface area contributed by atoms with Crippen molar-refractivity contribution in [1.29, 1.82) is 0 Å². The summed E-state index contributed by atoms with van der Waals surface area (Å²) in [6, 6.07) is 6.97. The molecule has 1 aliphatic rings. The number of nitrogens with zero attached hydrogens (tertiary/aromatic N) is 1. The molecule has 1 aromatic carbocycles. The van der Waals surface area contributed by atoms with E-state index in [-0.39, 0.29) is 23.7 Å². The van der Waals surface area contributed by atoms with E-state index in [9.17, 15) is 9.59 Å². The lowest BCUT2D eigenvalue weighted by Gasteiger charge is -2.16. The summed E-state index contributed by atoms with van der Waals surface area (Å²) in [6.07, 6.45) is 2.70. The topological polar surface area (TPSA) is 49.4 Å². The van der Waals surface area contributed by atoms with Crippen LogP contribution in [0.15, 0.2) is 24.3 Å². The maximum absolute atomic E-state index is 12.2. The molecule has 1 N–H and O–H groups in total. The van der Waals surface area contributed by atoms with Crippen molar-refractivity contribution < 1.29 is 9.59 Å². The Bertz CT molecular complexity index is 516. The molecule has 2 atom stereocenters. The summed E-state index contributed by atoms with van der Waals surface area (Å²) in [5, 5.41) is 3.46. The molecule has 2 unspecified atom stereocenters. The van der Waals surface area contributed by atoms with E-state index in [1.807, 2.05) is 7.05 Å². The van der Waals surface area contributed by atoms with E-state index in [1.165, 1.54) is 0 Å². The highest BCUT2D eigenvalue weighted by Crippen LogP contribution is 2.40. The number of hydrogen-bond donors (Lipinski definition) is 1. The van der Waals surface area contributed by atoms with Gasteiger partial charge < -0.3 is 10.2 Å². The molecule has 0 bridgehead atoms. The van der Waals surface area contributed by atoms with Gasteiger partial charge in [0.1, 0.15) is 0 Å². The van der Waals surface area contributed by atoms with Crippen LogP contribution in [-0.2, 0) is 9.59 Å². The van der Waals surface area contributed by atoms with E-state index in [0.717, 1.165) is 19.4 Å². The Labute approximate surface area is 130 Å². The van der Waals surface area contributed by atoms with E-state index in [0.29, 0.717) is 17.1 Å². The number of rotatable bonds is 6. The van der Waals surface area contributed by atoms with Crippen LogP contribution in [0, 0.1) is 11.8 Å². The number of carbonyl (C=O) groups is 2. The quantitative estimate of drug-likeness (QED) is 0.877. The first kappa shape index (κ1) is 15.8. The van der Waals surface area contributed by atoms with Crippen molar-refractivity contribution >= 4 is 29.1 Å². The summed E-state index contributed by atoms with van der Waals surface area (Å²) < 4.78 is 0. The zero-order valence-electron chi connectivity index (χ0n) is 12.4. The van der Waals surface area contributed by atoms with E-state index >= 15 is 0 Å². The maximum atomic E-state index is 12.2. The molecule has 21 heavy (non-hydrogen) atoms. The summed E-state index contributed by atoms with van der Waals surface area (Å²) in [4.78, 5) is 26.0. The number of hydrogen-bond acceptors (Lipinski definition) is 2. The van der Waals surface area contributed by atoms with Crippen molar-refractivity contribution in [3.63, 3.8) is 0 Å². The molecule has 1 fully saturated rings. The lowest BCUT2D eigenvalue weighted by Crippen LogP contribution is -2.30. The molecule has 1 saturated carbocycles. The molecule has 2 amide bonds. The Balaban J connectivity index is 1.83. The van der Waals surface area contributed by atoms with Gasteiger partial charge in [-0.2, -0.15) is 0 Å². The highest BCUT2D eigenvalue weighted by atomic mass is 35.5. The SMILES string of the molecule is CCCCN(C)C(=O)C1CC1C(=O)Nc1ccc(Cl)cc1. The Morgan fingerprint density at radius 2 is 1.95 bits per heavy atom. The van der Waals surface area contributed by atoms with E-state index < -0.39 is 0 Å². The molecule has 0 heterocycles. The zero-order chi connectivity index (χ0) is 15.4. The fourth-order valence-electron chi connectivity index (χ4n) is 2.31. The van der Waals surface area contributed by atoms with Gasteiger partial charge in [0.15, 0.2) is 0 Å². The van der Waals surface area contributed by atoms with Gasteiger partial charge in [-0.3, -0.25) is 9.59 Å². The van der Waals surface area contributed by atoms with Crippen molar-refractivity contribution in [2.45, 2.75) is 26.2 Å². The Kier molecular flexibility index (Phi) is 5.23. The molecule has 114 valence electrons. The summed E-state index contributed by atoms with van der Waals surface area (Å²) >= 11 is 5.80. The van der Waals surface area contributed by atoms with Gasteiger partial charge in [-0.25, -0.2) is 0 Å². The number of halogens is 1. The van der Waals surface area contributed by atoms with Gasteiger partial charge in [-0.1, -0.05) is 24.9 Å². The van der Waals surface area contributed by atoms with Crippen molar-refractivity contribution in [1.82, 2.24) is 4.90 Å². The van der Waals surface area contributed by atoms with Gasteiger partial charge in [0, 0.05) is 24.3 Å². The first-order valence-electron chi connectivity index (χ1n) is 7.34. The second-order valence-electron chi connectivity index (χ2n) is 5.56. The molecule has 0 spiro atoms. The largest absolute Gasteiger partial charge is 0.346 e. The second kappa shape index (κ2) is 6.94. The molecule has 1 aliphatic carbocycles. The summed E-state index contributed by atoms with van der Waals surface area (Å²) in [5.74, 6) is -0.351.